The number of hydrogen-bond acceptors (Lipinski definition) is 2. The van der Waals surface area contributed by atoms with Gasteiger partial charge in [0, 0.05) is 25.2 Å². The molecular weight excluding hydrogens is 288 g/mol. The van der Waals surface area contributed by atoms with Crippen LogP contribution in [0.3, 0.4) is 0 Å². The molecule has 1 spiro atoms. The van der Waals surface area contributed by atoms with Gasteiger partial charge in [-0.3, -0.25) is 0 Å². The first-order valence-corrected chi connectivity index (χ1v) is 9.76. The predicted octanol–water partition coefficient (Wildman–Crippen LogP) is 3.86. The van der Waals surface area contributed by atoms with Gasteiger partial charge in [0.25, 0.3) is 0 Å². The van der Waals surface area contributed by atoms with E-state index in [1.807, 2.05) is 6.92 Å². The molecule has 0 N–H and O–H groups in total. The van der Waals surface area contributed by atoms with Crippen molar-refractivity contribution in [1.29, 1.82) is 0 Å². The van der Waals surface area contributed by atoms with Crippen LogP contribution in [0.4, 0.5) is 0 Å². The van der Waals surface area contributed by atoms with Crippen molar-refractivity contribution in [3.05, 3.63) is 5.53 Å². The quantitative estimate of drug-likeness (QED) is 0.722. The topological polar surface area (TPSA) is 65.4 Å². The second-order valence-corrected chi connectivity index (χ2v) is 7.68. The highest BCUT2D eigenvalue weighted by Crippen LogP contribution is 2.54. The van der Waals surface area contributed by atoms with Crippen molar-refractivity contribution < 1.29 is 14.6 Å². The molecule has 0 aromatic carbocycles. The highest BCUT2D eigenvalue weighted by atomic mass is 16.4. The van der Waals surface area contributed by atoms with E-state index in [0.29, 0.717) is 12.5 Å². The molecule has 3 rings (SSSR count). The predicted molar refractivity (Wildman–Crippen MR) is 88.9 cm³/mol. The van der Waals surface area contributed by atoms with Gasteiger partial charge in [0.1, 0.15) is 0 Å². The normalized spacial score (nSPS) is 33.4. The van der Waals surface area contributed by atoms with E-state index in [1.54, 1.807) is 4.70 Å². The third kappa shape index (κ3) is 3.77. The monoisotopic (exact) mass is 321 g/mol. The SMILES string of the molecule is CCCCC(CC)C(=O)[O-].[N-]=[N+]1C2CCCC13CCCCCC23. The van der Waals surface area contributed by atoms with E-state index in [9.17, 15) is 15.4 Å². The number of piperidine rings is 1. The van der Waals surface area contributed by atoms with Gasteiger partial charge in [-0.05, 0) is 38.0 Å². The Balaban J connectivity index is 0.000000175. The summed E-state index contributed by atoms with van der Waals surface area (Å²) >= 11 is 0. The molecule has 132 valence electrons. The average molecular weight is 321 g/mol. The highest BCUT2D eigenvalue weighted by molar-refractivity contribution is 5.67. The van der Waals surface area contributed by atoms with Crippen LogP contribution in [0.5, 0.6) is 0 Å². The summed E-state index contributed by atoms with van der Waals surface area (Å²) in [7, 11) is 0. The molecule has 2 bridgehead atoms. The van der Waals surface area contributed by atoms with Gasteiger partial charge in [-0.2, -0.15) is 0 Å². The Hall–Kier alpha value is -0.930. The molecule has 1 aliphatic carbocycles. The van der Waals surface area contributed by atoms with Gasteiger partial charge in [-0.15, -0.1) is 0 Å². The summed E-state index contributed by atoms with van der Waals surface area (Å²) in [6.07, 6.45) is 14.1. The highest BCUT2D eigenvalue weighted by Gasteiger charge is 2.64. The molecule has 0 aromatic heterocycles. The Bertz CT molecular complexity index is 424. The van der Waals surface area contributed by atoms with Crippen molar-refractivity contribution in [1.82, 2.24) is 0 Å². The van der Waals surface area contributed by atoms with E-state index in [-0.39, 0.29) is 11.5 Å². The summed E-state index contributed by atoms with van der Waals surface area (Å²) in [5, 5.41) is 10.3. The van der Waals surface area contributed by atoms with Crippen LogP contribution in [0.25, 0.3) is 5.53 Å². The first-order valence-electron chi connectivity index (χ1n) is 9.76. The number of carbonyl (C=O) groups is 1. The van der Waals surface area contributed by atoms with Crippen LogP contribution < -0.4 is 5.11 Å². The van der Waals surface area contributed by atoms with E-state index in [2.05, 4.69) is 6.92 Å². The zero-order valence-electron chi connectivity index (χ0n) is 14.9. The molecule has 23 heavy (non-hydrogen) atoms. The number of carbonyl (C=O) groups excluding carboxylic acids is 1. The summed E-state index contributed by atoms with van der Waals surface area (Å²) in [6, 6.07) is 0.534. The Kier molecular flexibility index (Phi) is 6.60. The largest absolute Gasteiger partial charge is 0.550 e. The number of aliphatic carboxylic acids is 1. The van der Waals surface area contributed by atoms with Crippen LogP contribution in [0, 0.1) is 11.8 Å². The van der Waals surface area contributed by atoms with Gasteiger partial charge < -0.3 is 20.1 Å². The molecule has 4 unspecified atom stereocenters. The van der Waals surface area contributed by atoms with Crippen molar-refractivity contribution in [2.24, 2.45) is 11.8 Å². The minimum Gasteiger partial charge on any atom is -0.550 e. The number of unbranched alkanes of at least 4 members (excludes halogenated alkanes) is 1. The van der Waals surface area contributed by atoms with E-state index in [0.717, 1.165) is 25.2 Å². The van der Waals surface area contributed by atoms with Gasteiger partial charge in [-0.25, -0.2) is 0 Å². The lowest BCUT2D eigenvalue weighted by Gasteiger charge is -2.57. The number of carboxylic acid groups (broad SMARTS) is 1. The van der Waals surface area contributed by atoms with Crippen molar-refractivity contribution in [3.63, 3.8) is 0 Å². The minimum absolute atomic E-state index is 0.222. The van der Waals surface area contributed by atoms with E-state index >= 15 is 0 Å². The Morgan fingerprint density at radius 3 is 2.57 bits per heavy atom. The lowest BCUT2D eigenvalue weighted by Crippen LogP contribution is -2.69. The fourth-order valence-electron chi connectivity index (χ4n) is 4.98. The second kappa shape index (κ2) is 8.25. The maximum absolute atomic E-state index is 10.3. The maximum Gasteiger partial charge on any atom is 0.160 e. The number of nitrogens with zero attached hydrogens (tertiary/aromatic N) is 2. The minimum atomic E-state index is -0.893. The Morgan fingerprint density at radius 1 is 1.22 bits per heavy atom. The second-order valence-electron chi connectivity index (χ2n) is 7.68. The Morgan fingerprint density at radius 2 is 1.96 bits per heavy atom. The summed E-state index contributed by atoms with van der Waals surface area (Å²) in [6.45, 7) is 3.94. The third-order valence-electron chi connectivity index (χ3n) is 6.39. The number of hydrogen-bond donors (Lipinski definition) is 0. The van der Waals surface area contributed by atoms with Gasteiger partial charge in [0.2, 0.25) is 0 Å². The van der Waals surface area contributed by atoms with Gasteiger partial charge >= 0.3 is 0 Å². The van der Waals surface area contributed by atoms with Crippen LogP contribution in [0.1, 0.15) is 90.9 Å². The number of carboxylic acids is 1. The molecule has 4 atom stereocenters. The zero-order valence-corrected chi connectivity index (χ0v) is 14.9. The van der Waals surface area contributed by atoms with E-state index < -0.39 is 5.97 Å². The lowest BCUT2D eigenvalue weighted by atomic mass is 9.59. The van der Waals surface area contributed by atoms with E-state index in [1.165, 1.54) is 51.4 Å². The van der Waals surface area contributed by atoms with Gasteiger partial charge in [0.05, 0.1) is 5.92 Å². The fourth-order valence-corrected chi connectivity index (χ4v) is 4.98. The van der Waals surface area contributed by atoms with Crippen LogP contribution >= 0.6 is 0 Å². The molecule has 2 aliphatic heterocycles. The first kappa shape index (κ1) is 18.4. The smallest absolute Gasteiger partial charge is 0.160 e. The lowest BCUT2D eigenvalue weighted by molar-refractivity contribution is -0.756. The van der Waals surface area contributed by atoms with Crippen LogP contribution in [0.15, 0.2) is 0 Å². The molecule has 1 saturated carbocycles. The van der Waals surface area contributed by atoms with Gasteiger partial charge in [0.15, 0.2) is 11.6 Å². The molecule has 4 heteroatoms. The van der Waals surface area contributed by atoms with Crippen molar-refractivity contribution >= 4 is 5.97 Å². The molecule has 0 radical (unpaired) electrons. The molecule has 2 heterocycles. The van der Waals surface area contributed by atoms with Crippen LogP contribution in [-0.4, -0.2) is 22.2 Å². The third-order valence-corrected chi connectivity index (χ3v) is 6.39. The van der Waals surface area contributed by atoms with Crippen LogP contribution in [0.2, 0.25) is 0 Å². The van der Waals surface area contributed by atoms with Crippen molar-refractivity contribution in [2.75, 3.05) is 0 Å². The molecular formula is C19H33N2O2-. The number of fused-ring (bicyclic) bond motifs is 2. The zero-order chi connectivity index (χ0) is 16.9. The summed E-state index contributed by atoms with van der Waals surface area (Å²) in [5.74, 6) is -0.273. The molecule has 3 fully saturated rings. The van der Waals surface area contributed by atoms with E-state index in [4.69, 9.17) is 0 Å². The fraction of sp³-hybridized carbons (Fsp3) is 0.947. The molecule has 4 nitrogen and oxygen atoms in total. The Labute approximate surface area is 141 Å². The maximum atomic E-state index is 10.3. The number of rotatable bonds is 5. The standard InChI is InChI=1S/C11H18N2.C8H16O2/c12-13-10-6-4-8-11(13)7-3-1-2-5-9(10)11;1-3-5-6-7(4-2)8(9)10/h9-10H,1-8H2;7H,3-6H2,1-2H3,(H,9,10)/p-1. The van der Waals surface area contributed by atoms with Crippen LogP contribution in [-0.2, 0) is 4.79 Å². The first-order chi connectivity index (χ1) is 11.1. The molecule has 2 saturated heterocycles. The molecule has 0 amide bonds. The van der Waals surface area contributed by atoms with Gasteiger partial charge in [-0.1, -0.05) is 39.5 Å². The summed E-state index contributed by atoms with van der Waals surface area (Å²) in [5.41, 5.74) is 10.2. The summed E-state index contributed by atoms with van der Waals surface area (Å²) < 4.78 is 1.73. The summed E-state index contributed by atoms with van der Waals surface area (Å²) in [4.78, 5) is 10.3. The average Bonchev–Trinajstić information content (AvgIpc) is 2.76. The van der Waals surface area contributed by atoms with Crippen molar-refractivity contribution in [3.8, 4) is 0 Å². The molecule has 0 aromatic rings. The molecule has 3 aliphatic rings. The van der Waals surface area contributed by atoms with Crippen molar-refractivity contribution in [2.45, 2.75) is 102 Å².